The molecule has 0 amide bonds. The summed E-state index contributed by atoms with van der Waals surface area (Å²) in [6.45, 7) is 2.71. The number of Topliss-reactive ketones (excluding diaryl/α,β-unsaturated/α-hetero) is 1. The van der Waals surface area contributed by atoms with E-state index < -0.39 is 0 Å². The molecule has 0 bridgehead atoms. The van der Waals surface area contributed by atoms with Gasteiger partial charge in [0.2, 0.25) is 5.78 Å². The van der Waals surface area contributed by atoms with Crippen molar-refractivity contribution in [2.75, 3.05) is 20.8 Å². The van der Waals surface area contributed by atoms with Crippen LogP contribution in [0.3, 0.4) is 0 Å². The van der Waals surface area contributed by atoms with Crippen molar-refractivity contribution in [1.29, 1.82) is 5.26 Å². The van der Waals surface area contributed by atoms with Gasteiger partial charge in [-0.1, -0.05) is 19.4 Å². The average molecular weight is 365 g/mol. The Morgan fingerprint density at radius 1 is 1.07 bits per heavy atom. The Morgan fingerprint density at radius 2 is 1.81 bits per heavy atom. The van der Waals surface area contributed by atoms with Crippen LogP contribution in [-0.4, -0.2) is 26.6 Å². The zero-order chi connectivity index (χ0) is 19.6. The highest BCUT2D eigenvalue weighted by Gasteiger charge is 2.13. The van der Waals surface area contributed by atoms with E-state index in [1.54, 1.807) is 62.8 Å². The molecule has 2 rings (SSSR count). The standard InChI is InChI=1S/C22H23NO4/c1-4-5-12-27-20-11-6-16(14-21(20)26-3)13-18(15-23)22(24)17-7-9-19(25-2)10-8-17/h6-11,13-14H,4-5,12H2,1-3H3. The van der Waals surface area contributed by atoms with Crippen molar-refractivity contribution < 1.29 is 19.0 Å². The molecule has 0 radical (unpaired) electrons. The van der Waals surface area contributed by atoms with Gasteiger partial charge in [-0.25, -0.2) is 0 Å². The Hall–Kier alpha value is -3.26. The Labute approximate surface area is 159 Å². The van der Waals surface area contributed by atoms with Crippen LogP contribution in [0.4, 0.5) is 0 Å². The van der Waals surface area contributed by atoms with Crippen molar-refractivity contribution in [3.8, 4) is 23.3 Å². The number of methoxy groups -OCH3 is 2. The first-order valence-electron chi connectivity index (χ1n) is 8.74. The normalized spacial score (nSPS) is 10.8. The fraction of sp³-hybridized carbons (Fsp3) is 0.273. The van der Waals surface area contributed by atoms with Gasteiger partial charge in [0.05, 0.1) is 20.8 Å². The number of ether oxygens (including phenoxy) is 3. The minimum absolute atomic E-state index is 0.0434. The predicted molar refractivity (Wildman–Crippen MR) is 104 cm³/mol. The second-order valence-electron chi connectivity index (χ2n) is 5.84. The summed E-state index contributed by atoms with van der Waals surface area (Å²) in [6, 6.07) is 14.0. The fourth-order valence-corrected chi connectivity index (χ4v) is 2.43. The second-order valence-corrected chi connectivity index (χ2v) is 5.84. The van der Waals surface area contributed by atoms with Crippen LogP contribution in [0.2, 0.25) is 0 Å². The number of allylic oxidation sites excluding steroid dienone is 1. The van der Waals surface area contributed by atoms with E-state index in [2.05, 4.69) is 6.92 Å². The third-order valence-electron chi connectivity index (χ3n) is 3.97. The van der Waals surface area contributed by atoms with E-state index >= 15 is 0 Å². The molecule has 140 valence electrons. The number of ketones is 1. The molecule has 0 fully saturated rings. The number of nitriles is 1. The maximum absolute atomic E-state index is 12.6. The van der Waals surface area contributed by atoms with Crippen LogP contribution in [0.5, 0.6) is 17.2 Å². The molecule has 2 aromatic rings. The van der Waals surface area contributed by atoms with Crippen LogP contribution >= 0.6 is 0 Å². The zero-order valence-electron chi connectivity index (χ0n) is 15.8. The van der Waals surface area contributed by atoms with Crippen molar-refractivity contribution in [2.45, 2.75) is 19.8 Å². The summed E-state index contributed by atoms with van der Waals surface area (Å²) in [4.78, 5) is 12.6. The Bertz CT molecular complexity index is 848. The van der Waals surface area contributed by atoms with E-state index in [9.17, 15) is 10.1 Å². The maximum Gasteiger partial charge on any atom is 0.203 e. The highest BCUT2D eigenvalue weighted by atomic mass is 16.5. The van der Waals surface area contributed by atoms with Crippen molar-refractivity contribution in [3.63, 3.8) is 0 Å². The van der Waals surface area contributed by atoms with Crippen molar-refractivity contribution in [2.24, 2.45) is 0 Å². The summed E-state index contributed by atoms with van der Waals surface area (Å²) in [5, 5.41) is 9.42. The minimum Gasteiger partial charge on any atom is -0.497 e. The third kappa shape index (κ3) is 5.35. The molecule has 0 N–H and O–H groups in total. The quantitative estimate of drug-likeness (QED) is 0.279. The van der Waals surface area contributed by atoms with Gasteiger partial charge in [-0.2, -0.15) is 5.26 Å². The smallest absolute Gasteiger partial charge is 0.203 e. The fourth-order valence-electron chi connectivity index (χ4n) is 2.43. The summed E-state index contributed by atoms with van der Waals surface area (Å²) >= 11 is 0. The van der Waals surface area contributed by atoms with Crippen LogP contribution in [0.15, 0.2) is 48.0 Å². The summed E-state index contributed by atoms with van der Waals surface area (Å²) < 4.78 is 16.2. The first-order valence-corrected chi connectivity index (χ1v) is 8.74. The summed E-state index contributed by atoms with van der Waals surface area (Å²) in [7, 11) is 3.11. The van der Waals surface area contributed by atoms with E-state index in [-0.39, 0.29) is 11.4 Å². The van der Waals surface area contributed by atoms with E-state index in [1.165, 1.54) is 0 Å². The Kier molecular flexibility index (Phi) is 7.45. The monoisotopic (exact) mass is 365 g/mol. The van der Waals surface area contributed by atoms with E-state index in [0.29, 0.717) is 35.0 Å². The van der Waals surface area contributed by atoms with Crippen LogP contribution in [0.1, 0.15) is 35.7 Å². The van der Waals surface area contributed by atoms with Crippen molar-refractivity contribution >= 4 is 11.9 Å². The van der Waals surface area contributed by atoms with E-state index in [4.69, 9.17) is 14.2 Å². The summed E-state index contributed by atoms with van der Waals surface area (Å²) in [5.41, 5.74) is 1.16. The van der Waals surface area contributed by atoms with Crippen molar-refractivity contribution in [1.82, 2.24) is 0 Å². The molecule has 0 aliphatic heterocycles. The molecule has 0 unspecified atom stereocenters. The molecule has 0 saturated carbocycles. The number of nitrogens with zero attached hydrogens (tertiary/aromatic N) is 1. The summed E-state index contributed by atoms with van der Waals surface area (Å²) in [5.74, 6) is 1.51. The Morgan fingerprint density at radius 3 is 2.41 bits per heavy atom. The van der Waals surface area contributed by atoms with Gasteiger partial charge >= 0.3 is 0 Å². The molecule has 27 heavy (non-hydrogen) atoms. The van der Waals surface area contributed by atoms with Crippen molar-refractivity contribution in [3.05, 3.63) is 59.2 Å². The lowest BCUT2D eigenvalue weighted by molar-refractivity contribution is 0.104. The zero-order valence-corrected chi connectivity index (χ0v) is 15.8. The molecule has 5 nitrogen and oxygen atoms in total. The summed E-state index contributed by atoms with van der Waals surface area (Å²) in [6.07, 6.45) is 3.55. The van der Waals surface area contributed by atoms with Gasteiger partial charge in [0.25, 0.3) is 0 Å². The molecular weight excluding hydrogens is 342 g/mol. The topological polar surface area (TPSA) is 68.5 Å². The minimum atomic E-state index is -0.345. The first-order chi connectivity index (χ1) is 13.1. The molecule has 0 aliphatic carbocycles. The van der Waals surface area contributed by atoms with Gasteiger partial charge in [0.15, 0.2) is 11.5 Å². The van der Waals surface area contributed by atoms with Crippen LogP contribution in [0.25, 0.3) is 6.08 Å². The van der Waals surface area contributed by atoms with Crippen LogP contribution in [0, 0.1) is 11.3 Å². The number of unbranched alkanes of at least 4 members (excludes halogenated alkanes) is 1. The van der Waals surface area contributed by atoms with E-state index in [0.717, 1.165) is 12.8 Å². The van der Waals surface area contributed by atoms with Gasteiger partial charge in [-0.3, -0.25) is 4.79 Å². The van der Waals surface area contributed by atoms with Gasteiger partial charge in [0.1, 0.15) is 17.4 Å². The lowest BCUT2D eigenvalue weighted by Crippen LogP contribution is -2.02. The maximum atomic E-state index is 12.6. The highest BCUT2D eigenvalue weighted by molar-refractivity contribution is 6.14. The van der Waals surface area contributed by atoms with E-state index in [1.807, 2.05) is 6.07 Å². The largest absolute Gasteiger partial charge is 0.497 e. The molecule has 0 aliphatic rings. The van der Waals surface area contributed by atoms with Gasteiger partial charge in [-0.15, -0.1) is 0 Å². The lowest BCUT2D eigenvalue weighted by atomic mass is 10.0. The Balaban J connectivity index is 2.25. The van der Waals surface area contributed by atoms with Gasteiger partial charge < -0.3 is 14.2 Å². The van der Waals surface area contributed by atoms with Crippen LogP contribution < -0.4 is 14.2 Å². The number of hydrogen-bond acceptors (Lipinski definition) is 5. The molecule has 2 aromatic carbocycles. The molecule has 0 aromatic heterocycles. The molecule has 0 atom stereocenters. The first kappa shape index (κ1) is 20.1. The average Bonchev–Trinajstić information content (AvgIpc) is 2.72. The molecule has 5 heteroatoms. The predicted octanol–water partition coefficient (Wildman–Crippen LogP) is 4.67. The number of rotatable bonds is 9. The molecule has 0 heterocycles. The molecule has 0 saturated heterocycles. The molecule has 0 spiro atoms. The SMILES string of the molecule is CCCCOc1ccc(C=C(C#N)C(=O)c2ccc(OC)cc2)cc1OC. The third-order valence-corrected chi connectivity index (χ3v) is 3.97. The number of hydrogen-bond donors (Lipinski definition) is 0. The number of benzene rings is 2. The molecular formula is C22H23NO4. The second kappa shape index (κ2) is 10.0. The van der Waals surface area contributed by atoms with Gasteiger partial charge in [0, 0.05) is 5.56 Å². The lowest BCUT2D eigenvalue weighted by Gasteiger charge is -2.11. The highest BCUT2D eigenvalue weighted by Crippen LogP contribution is 2.29. The van der Waals surface area contributed by atoms with Crippen LogP contribution in [-0.2, 0) is 0 Å². The number of carbonyl (C=O) groups is 1. The number of carbonyl (C=O) groups excluding carboxylic acids is 1. The van der Waals surface area contributed by atoms with Gasteiger partial charge in [-0.05, 0) is 54.5 Å².